The number of alkyl halides is 8. The van der Waals surface area contributed by atoms with Gasteiger partial charge < -0.3 is 9.47 Å². The fraction of sp³-hybridized carbons (Fsp3) is 0.368. The van der Waals surface area contributed by atoms with Gasteiger partial charge in [0.05, 0.1) is 11.1 Å². The van der Waals surface area contributed by atoms with Crippen molar-refractivity contribution in [3.63, 3.8) is 0 Å². The van der Waals surface area contributed by atoms with E-state index in [1.807, 2.05) is 0 Å². The van der Waals surface area contributed by atoms with Crippen LogP contribution in [-0.4, -0.2) is 61.1 Å². The number of carbonyl (C=O) groups is 2. The standard InChI is InChI=1S/C19H14F8O7S/c1-17(20,21)16(19(25,26)27)34-15(29)12-5-3-9-6-11(4-2-10(9)7-12)14(28)33-13(18(22,23)24)8-35(30,31)32/h2-7,13,16H,8H2,1H3,(H,30,31,32). The SMILES string of the molecule is CC(F)(F)C(OC(=O)c1ccc2cc(C(=O)OC(CS(=O)(=O)O)C(F)(F)F)ccc2c1)C(F)(F)F. The number of rotatable bonds is 7. The van der Waals surface area contributed by atoms with E-state index in [2.05, 4.69) is 9.47 Å². The summed E-state index contributed by atoms with van der Waals surface area (Å²) in [6, 6.07) is 5.70. The zero-order chi connectivity index (χ0) is 27.0. The van der Waals surface area contributed by atoms with Gasteiger partial charge in [0.25, 0.3) is 22.1 Å². The Bertz CT molecular complexity index is 1200. The largest absolute Gasteiger partial charge is 0.448 e. The quantitative estimate of drug-likeness (QED) is 0.313. The van der Waals surface area contributed by atoms with Crippen LogP contribution < -0.4 is 0 Å². The second kappa shape index (κ2) is 9.56. The van der Waals surface area contributed by atoms with Crippen LogP contribution in [0.25, 0.3) is 10.8 Å². The maximum absolute atomic E-state index is 13.2. The summed E-state index contributed by atoms with van der Waals surface area (Å²) in [6.07, 6.45) is -17.8. The molecular weight excluding hydrogens is 524 g/mol. The lowest BCUT2D eigenvalue weighted by Crippen LogP contribution is -2.46. The molecule has 35 heavy (non-hydrogen) atoms. The Morgan fingerprint density at radius 3 is 1.60 bits per heavy atom. The number of benzene rings is 2. The van der Waals surface area contributed by atoms with Crippen LogP contribution >= 0.6 is 0 Å². The molecule has 0 aliphatic rings. The van der Waals surface area contributed by atoms with Crippen LogP contribution in [0, 0.1) is 0 Å². The predicted molar refractivity (Wildman–Crippen MR) is 102 cm³/mol. The summed E-state index contributed by atoms with van der Waals surface area (Å²) in [4.78, 5) is 24.1. The van der Waals surface area contributed by atoms with Gasteiger partial charge in [-0.2, -0.15) is 34.8 Å². The number of halogens is 8. The van der Waals surface area contributed by atoms with E-state index < -0.39 is 69.4 Å². The van der Waals surface area contributed by atoms with Crippen molar-refractivity contribution in [2.45, 2.75) is 37.4 Å². The molecule has 0 heterocycles. The van der Waals surface area contributed by atoms with Crippen LogP contribution in [0.5, 0.6) is 0 Å². The molecule has 2 atom stereocenters. The van der Waals surface area contributed by atoms with Crippen molar-refractivity contribution < 1.29 is 67.2 Å². The average molecular weight is 538 g/mol. The first kappa shape index (κ1) is 28.2. The van der Waals surface area contributed by atoms with E-state index in [0.717, 1.165) is 36.4 Å². The highest BCUT2D eigenvalue weighted by Gasteiger charge is 2.56. The Labute approximate surface area is 191 Å². The van der Waals surface area contributed by atoms with Gasteiger partial charge >= 0.3 is 24.3 Å². The lowest BCUT2D eigenvalue weighted by Gasteiger charge is -2.25. The van der Waals surface area contributed by atoms with Gasteiger partial charge in [-0.05, 0) is 35.0 Å². The van der Waals surface area contributed by atoms with Gasteiger partial charge in [-0.3, -0.25) is 4.55 Å². The maximum atomic E-state index is 13.2. The number of ether oxygens (including phenoxy) is 2. The van der Waals surface area contributed by atoms with Crippen LogP contribution in [0.1, 0.15) is 27.6 Å². The van der Waals surface area contributed by atoms with Crippen molar-refractivity contribution in [1.82, 2.24) is 0 Å². The number of hydrogen-bond acceptors (Lipinski definition) is 6. The third kappa shape index (κ3) is 7.74. The molecular formula is C19H14F8O7S. The summed E-state index contributed by atoms with van der Waals surface area (Å²) in [6.45, 7) is -0.0846. The first-order chi connectivity index (χ1) is 15.7. The average Bonchev–Trinajstić information content (AvgIpc) is 2.67. The second-order valence-corrected chi connectivity index (χ2v) is 8.74. The molecule has 7 nitrogen and oxygen atoms in total. The highest BCUT2D eigenvalue weighted by atomic mass is 32.2. The van der Waals surface area contributed by atoms with Crippen molar-refractivity contribution in [2.24, 2.45) is 0 Å². The summed E-state index contributed by atoms with van der Waals surface area (Å²) >= 11 is 0. The van der Waals surface area contributed by atoms with Crippen molar-refractivity contribution in [3.8, 4) is 0 Å². The van der Waals surface area contributed by atoms with Crippen molar-refractivity contribution in [1.29, 1.82) is 0 Å². The molecule has 0 amide bonds. The Hall–Kier alpha value is -3.01. The topological polar surface area (TPSA) is 107 Å². The van der Waals surface area contributed by atoms with Crippen molar-refractivity contribution >= 4 is 32.8 Å². The lowest BCUT2D eigenvalue weighted by molar-refractivity contribution is -0.263. The normalized spacial score (nSPS) is 14.9. The molecule has 0 saturated carbocycles. The van der Waals surface area contributed by atoms with E-state index in [1.165, 1.54) is 0 Å². The van der Waals surface area contributed by atoms with Crippen LogP contribution in [0.4, 0.5) is 35.1 Å². The summed E-state index contributed by atoms with van der Waals surface area (Å²) in [7, 11) is -5.17. The third-order valence-electron chi connectivity index (χ3n) is 4.27. The van der Waals surface area contributed by atoms with Gasteiger partial charge in [0.15, 0.2) is 0 Å². The Morgan fingerprint density at radius 1 is 0.829 bits per heavy atom. The molecule has 2 unspecified atom stereocenters. The van der Waals surface area contributed by atoms with Crippen LogP contribution in [0.2, 0.25) is 0 Å². The van der Waals surface area contributed by atoms with Crippen LogP contribution in [0.3, 0.4) is 0 Å². The van der Waals surface area contributed by atoms with E-state index >= 15 is 0 Å². The van der Waals surface area contributed by atoms with E-state index in [-0.39, 0.29) is 17.7 Å². The third-order valence-corrected chi connectivity index (χ3v) is 4.99. The van der Waals surface area contributed by atoms with Crippen LogP contribution in [0.15, 0.2) is 36.4 Å². The van der Waals surface area contributed by atoms with Crippen molar-refractivity contribution in [2.75, 3.05) is 5.75 Å². The maximum Gasteiger partial charge on any atom is 0.431 e. The highest BCUT2D eigenvalue weighted by Crippen LogP contribution is 2.35. The van der Waals surface area contributed by atoms with Gasteiger partial charge in [-0.25, -0.2) is 18.4 Å². The molecule has 2 rings (SSSR count). The Kier molecular flexibility index (Phi) is 7.71. The minimum absolute atomic E-state index is 0.0492. The van der Waals surface area contributed by atoms with Gasteiger partial charge in [0, 0.05) is 6.92 Å². The summed E-state index contributed by atoms with van der Waals surface area (Å²) in [5.74, 6) is -9.75. The van der Waals surface area contributed by atoms with Gasteiger partial charge in [0.2, 0.25) is 6.10 Å². The van der Waals surface area contributed by atoms with E-state index in [0.29, 0.717) is 0 Å². The van der Waals surface area contributed by atoms with E-state index in [1.54, 1.807) is 0 Å². The Morgan fingerprint density at radius 2 is 1.26 bits per heavy atom. The minimum atomic E-state index is -5.57. The summed E-state index contributed by atoms with van der Waals surface area (Å²) in [5, 5.41) is 0.107. The van der Waals surface area contributed by atoms with E-state index in [4.69, 9.17) is 4.55 Å². The molecule has 0 spiro atoms. The fourth-order valence-electron chi connectivity index (χ4n) is 2.72. The monoisotopic (exact) mass is 538 g/mol. The zero-order valence-electron chi connectivity index (χ0n) is 17.2. The van der Waals surface area contributed by atoms with E-state index in [9.17, 15) is 53.1 Å². The first-order valence-electron chi connectivity index (χ1n) is 9.10. The van der Waals surface area contributed by atoms with Gasteiger partial charge in [-0.1, -0.05) is 12.1 Å². The number of fused-ring (bicyclic) bond motifs is 1. The molecule has 1 N–H and O–H groups in total. The van der Waals surface area contributed by atoms with Crippen molar-refractivity contribution in [3.05, 3.63) is 47.5 Å². The predicted octanol–water partition coefficient (Wildman–Crippen LogP) is 4.56. The summed E-state index contributed by atoms with van der Waals surface area (Å²) in [5.41, 5.74) is -1.09. The molecule has 0 aliphatic heterocycles. The van der Waals surface area contributed by atoms with Crippen LogP contribution in [-0.2, 0) is 19.6 Å². The molecule has 2 aromatic rings. The minimum Gasteiger partial charge on any atom is -0.448 e. The Balaban J connectivity index is 2.28. The zero-order valence-corrected chi connectivity index (χ0v) is 18.0. The summed E-state index contributed by atoms with van der Waals surface area (Å²) < 4.78 is 142. The number of carbonyl (C=O) groups excluding carboxylic acids is 2. The molecule has 0 aliphatic carbocycles. The molecule has 0 radical (unpaired) electrons. The molecule has 0 saturated heterocycles. The number of hydrogen-bond donors (Lipinski definition) is 1. The smallest absolute Gasteiger partial charge is 0.431 e. The molecule has 2 aromatic carbocycles. The van der Waals surface area contributed by atoms with Gasteiger partial charge in [0.1, 0.15) is 5.75 Å². The molecule has 194 valence electrons. The highest BCUT2D eigenvalue weighted by molar-refractivity contribution is 7.85. The molecule has 0 aromatic heterocycles. The molecule has 0 bridgehead atoms. The second-order valence-electron chi connectivity index (χ2n) is 7.24. The first-order valence-corrected chi connectivity index (χ1v) is 10.7. The van der Waals surface area contributed by atoms with Gasteiger partial charge in [-0.15, -0.1) is 0 Å². The molecule has 16 heteroatoms. The number of esters is 2. The lowest BCUT2D eigenvalue weighted by atomic mass is 10.0. The fourth-order valence-corrected chi connectivity index (χ4v) is 3.36. The molecule has 0 fully saturated rings.